The van der Waals surface area contributed by atoms with Crippen LogP contribution in [-0.4, -0.2) is 59.6 Å². The number of methoxy groups -OCH3 is 2. The molecule has 9 nitrogen and oxygen atoms in total. The molecule has 3 fully saturated rings. The molecule has 3 aliphatic rings. The molecule has 0 unspecified atom stereocenters. The molecule has 156 valence electrons. The Kier molecular flexibility index (Phi) is 4.84. The second-order valence-corrected chi connectivity index (χ2v) is 7.80. The third-order valence-corrected chi connectivity index (χ3v) is 6.33. The van der Waals surface area contributed by atoms with Crippen LogP contribution < -0.4 is 0 Å². The van der Waals surface area contributed by atoms with E-state index in [1.807, 2.05) is 0 Å². The predicted octanol–water partition coefficient (Wildman–Crippen LogP) is 1.19. The van der Waals surface area contributed by atoms with Crippen molar-refractivity contribution < 1.29 is 38.8 Å². The number of likely N-dealkylation sites (tertiary alicyclic amines) is 1. The van der Waals surface area contributed by atoms with Crippen LogP contribution in [-0.2, 0) is 23.8 Å². The Morgan fingerprint density at radius 1 is 1.28 bits per heavy atom. The molecule has 0 radical (unpaired) electrons. The first-order valence-electron chi connectivity index (χ1n) is 9.45. The zero-order valence-electron chi connectivity index (χ0n) is 16.1. The molecule has 0 spiro atoms. The zero-order chi connectivity index (χ0) is 20.9. The van der Waals surface area contributed by atoms with Gasteiger partial charge in [-0.3, -0.25) is 9.59 Å². The average molecular weight is 405 g/mol. The summed E-state index contributed by atoms with van der Waals surface area (Å²) >= 11 is 0. The SMILES string of the molecule is COC[C@H]1C[C@@H]2C(=O)N(C(=O)OC)C(=O)[C@@H]2[C@@H]2C[C@@H](c3cccc(O)c3)O[C@]12O. The van der Waals surface area contributed by atoms with Crippen LogP contribution in [0.15, 0.2) is 24.3 Å². The van der Waals surface area contributed by atoms with E-state index in [9.17, 15) is 24.6 Å². The third-order valence-electron chi connectivity index (χ3n) is 6.33. The van der Waals surface area contributed by atoms with Crippen LogP contribution >= 0.6 is 0 Å². The zero-order valence-corrected chi connectivity index (χ0v) is 16.1. The van der Waals surface area contributed by atoms with Gasteiger partial charge in [0.25, 0.3) is 0 Å². The van der Waals surface area contributed by atoms with Crippen LogP contribution in [0.25, 0.3) is 0 Å². The smallest absolute Gasteiger partial charge is 0.423 e. The summed E-state index contributed by atoms with van der Waals surface area (Å²) in [6, 6.07) is 6.49. The van der Waals surface area contributed by atoms with Gasteiger partial charge < -0.3 is 24.4 Å². The first kappa shape index (κ1) is 19.8. The number of ether oxygens (including phenoxy) is 3. The van der Waals surface area contributed by atoms with Gasteiger partial charge in [0.2, 0.25) is 11.8 Å². The number of phenols is 1. The normalized spacial score (nSPS) is 36.1. The van der Waals surface area contributed by atoms with Crippen LogP contribution in [0.3, 0.4) is 0 Å². The Bertz CT molecular complexity index is 857. The van der Waals surface area contributed by atoms with Crippen LogP contribution in [0.1, 0.15) is 24.5 Å². The van der Waals surface area contributed by atoms with E-state index in [4.69, 9.17) is 9.47 Å². The molecule has 2 aliphatic heterocycles. The van der Waals surface area contributed by atoms with Gasteiger partial charge in [-0.05, 0) is 30.5 Å². The number of carbonyl (C=O) groups is 3. The Labute approximate surface area is 167 Å². The number of amides is 3. The Morgan fingerprint density at radius 2 is 2.03 bits per heavy atom. The molecule has 1 aromatic carbocycles. The molecule has 2 N–H and O–H groups in total. The molecule has 2 saturated heterocycles. The summed E-state index contributed by atoms with van der Waals surface area (Å²) in [5.74, 6) is -5.84. The van der Waals surface area contributed by atoms with E-state index in [0.717, 1.165) is 7.11 Å². The van der Waals surface area contributed by atoms with E-state index in [2.05, 4.69) is 4.74 Å². The molecule has 3 amide bonds. The lowest BCUT2D eigenvalue weighted by atomic mass is 9.64. The molecule has 1 saturated carbocycles. The molecule has 9 heteroatoms. The molecule has 2 heterocycles. The van der Waals surface area contributed by atoms with E-state index in [1.54, 1.807) is 12.1 Å². The lowest BCUT2D eigenvalue weighted by molar-refractivity contribution is -0.275. The monoisotopic (exact) mass is 405 g/mol. The number of imide groups is 3. The minimum atomic E-state index is -1.70. The standard InChI is InChI=1S/C20H23NO8/c1-27-9-11-7-13-16(18(24)21(17(13)23)19(25)28-2)14-8-15(29-20(11,14)26)10-4-3-5-12(22)6-10/h3-6,11,13-16,22,26H,7-9H2,1-2H3/t11-,13+,14+,15+,16+,20-/m1/s1. The maximum atomic E-state index is 13.0. The van der Waals surface area contributed by atoms with Crippen LogP contribution in [0.2, 0.25) is 0 Å². The van der Waals surface area contributed by atoms with Crippen molar-refractivity contribution in [3.8, 4) is 5.75 Å². The topological polar surface area (TPSA) is 123 Å². The van der Waals surface area contributed by atoms with Crippen molar-refractivity contribution in [3.05, 3.63) is 29.8 Å². The summed E-state index contributed by atoms with van der Waals surface area (Å²) < 4.78 is 15.9. The molecular weight excluding hydrogens is 382 g/mol. The van der Waals surface area contributed by atoms with Crippen molar-refractivity contribution in [3.63, 3.8) is 0 Å². The molecule has 1 aliphatic carbocycles. The summed E-state index contributed by atoms with van der Waals surface area (Å²) in [6.45, 7) is 0.128. The number of nitrogens with zero attached hydrogens (tertiary/aromatic N) is 1. The van der Waals surface area contributed by atoms with Gasteiger partial charge in [0.05, 0.1) is 31.7 Å². The van der Waals surface area contributed by atoms with Crippen LogP contribution in [0, 0.1) is 23.7 Å². The van der Waals surface area contributed by atoms with Gasteiger partial charge in [-0.25, -0.2) is 4.79 Å². The number of benzene rings is 1. The van der Waals surface area contributed by atoms with Gasteiger partial charge >= 0.3 is 6.09 Å². The Morgan fingerprint density at radius 3 is 2.69 bits per heavy atom. The van der Waals surface area contributed by atoms with Crippen LogP contribution in [0.5, 0.6) is 5.75 Å². The first-order chi connectivity index (χ1) is 13.8. The quantitative estimate of drug-likeness (QED) is 0.719. The average Bonchev–Trinajstić information content (AvgIpc) is 3.17. The molecule has 1 aromatic rings. The van der Waals surface area contributed by atoms with E-state index in [-0.39, 0.29) is 25.2 Å². The molecule has 0 bridgehead atoms. The van der Waals surface area contributed by atoms with Gasteiger partial charge in [-0.15, -0.1) is 0 Å². The van der Waals surface area contributed by atoms with Gasteiger partial charge in [0.1, 0.15) is 5.75 Å². The minimum absolute atomic E-state index is 0.0586. The van der Waals surface area contributed by atoms with Gasteiger partial charge in [0.15, 0.2) is 5.79 Å². The number of hydrogen-bond acceptors (Lipinski definition) is 8. The number of carbonyl (C=O) groups excluding carboxylic acids is 3. The minimum Gasteiger partial charge on any atom is -0.508 e. The molecular formula is C20H23NO8. The number of phenolic OH excluding ortho intramolecular Hbond substituents is 1. The predicted molar refractivity (Wildman–Crippen MR) is 96.2 cm³/mol. The fraction of sp³-hybridized carbons (Fsp3) is 0.550. The number of hydrogen-bond donors (Lipinski definition) is 2. The highest BCUT2D eigenvalue weighted by Gasteiger charge is 2.67. The lowest BCUT2D eigenvalue weighted by Crippen LogP contribution is -2.54. The molecule has 6 atom stereocenters. The Balaban J connectivity index is 1.72. The largest absolute Gasteiger partial charge is 0.508 e. The second-order valence-electron chi connectivity index (χ2n) is 7.80. The van der Waals surface area contributed by atoms with Gasteiger partial charge in [-0.1, -0.05) is 12.1 Å². The maximum absolute atomic E-state index is 13.0. The number of fused-ring (bicyclic) bond motifs is 3. The van der Waals surface area contributed by atoms with E-state index in [0.29, 0.717) is 10.5 Å². The highest BCUT2D eigenvalue weighted by molar-refractivity contribution is 6.15. The summed E-state index contributed by atoms with van der Waals surface area (Å²) in [6.07, 6.45) is -1.19. The van der Waals surface area contributed by atoms with Crippen molar-refractivity contribution in [2.24, 2.45) is 23.7 Å². The van der Waals surface area contributed by atoms with Gasteiger partial charge in [0, 0.05) is 18.9 Å². The van der Waals surface area contributed by atoms with Gasteiger partial charge in [-0.2, -0.15) is 4.90 Å². The number of aromatic hydroxyl groups is 1. The summed E-state index contributed by atoms with van der Waals surface area (Å²) in [7, 11) is 2.58. The first-order valence-corrected chi connectivity index (χ1v) is 9.45. The molecule has 4 rings (SSSR count). The van der Waals surface area contributed by atoms with Crippen molar-refractivity contribution in [2.45, 2.75) is 24.7 Å². The van der Waals surface area contributed by atoms with Crippen molar-refractivity contribution in [1.29, 1.82) is 0 Å². The highest BCUT2D eigenvalue weighted by Crippen LogP contribution is 2.58. The van der Waals surface area contributed by atoms with E-state index >= 15 is 0 Å². The van der Waals surface area contributed by atoms with Crippen LogP contribution in [0.4, 0.5) is 4.79 Å². The summed E-state index contributed by atoms with van der Waals surface area (Å²) in [5.41, 5.74) is 0.655. The molecule has 0 aromatic heterocycles. The van der Waals surface area contributed by atoms with Crippen molar-refractivity contribution in [1.82, 2.24) is 4.90 Å². The highest BCUT2D eigenvalue weighted by atomic mass is 16.6. The van der Waals surface area contributed by atoms with Crippen molar-refractivity contribution >= 4 is 17.9 Å². The summed E-state index contributed by atoms with van der Waals surface area (Å²) in [5, 5.41) is 21.3. The fourth-order valence-corrected chi connectivity index (χ4v) is 5.08. The third kappa shape index (κ3) is 2.92. The van der Waals surface area contributed by atoms with E-state index < -0.39 is 53.5 Å². The molecule has 29 heavy (non-hydrogen) atoms. The number of rotatable bonds is 3. The Hall–Kier alpha value is -2.49. The number of aliphatic hydroxyl groups is 1. The van der Waals surface area contributed by atoms with Crippen molar-refractivity contribution in [2.75, 3.05) is 20.8 Å². The van der Waals surface area contributed by atoms with E-state index in [1.165, 1.54) is 19.2 Å². The fourth-order valence-electron chi connectivity index (χ4n) is 5.08. The lowest BCUT2D eigenvalue weighted by Gasteiger charge is -2.44. The second kappa shape index (κ2) is 7.08. The summed E-state index contributed by atoms with van der Waals surface area (Å²) in [4.78, 5) is 38.3. The maximum Gasteiger partial charge on any atom is 0.423 e.